The summed E-state index contributed by atoms with van der Waals surface area (Å²) < 4.78 is 27.3. The molecule has 0 radical (unpaired) electrons. The summed E-state index contributed by atoms with van der Waals surface area (Å²) in [6.07, 6.45) is 11.0. The molecule has 8 heteroatoms. The molecule has 0 saturated heterocycles. The maximum Gasteiger partial charge on any atom is 0.325 e. The number of allylic oxidation sites excluding steroid dienone is 1. The first kappa shape index (κ1) is 20.8. The first-order chi connectivity index (χ1) is 12.3. The minimum Gasteiger partial charge on any atom is -0.292 e. The maximum absolute atomic E-state index is 12.8. The van der Waals surface area contributed by atoms with E-state index in [1.165, 1.54) is 11.3 Å². The third kappa shape index (κ3) is 6.02. The molecule has 1 aromatic heterocycles. The second-order valence-electron chi connectivity index (χ2n) is 6.53. The van der Waals surface area contributed by atoms with Crippen LogP contribution in [0.3, 0.4) is 0 Å². The minimum absolute atomic E-state index is 0.0122. The number of fused-ring (bicyclic) bond motifs is 1. The summed E-state index contributed by atoms with van der Waals surface area (Å²) in [7, 11) is -3.79. The number of unbranched alkanes of at least 4 members (excludes halogenated alkanes) is 1. The van der Waals surface area contributed by atoms with Crippen LogP contribution in [-0.4, -0.2) is 31.2 Å². The molecule has 1 atom stereocenters. The topological polar surface area (TPSA) is 85.7 Å². The van der Waals surface area contributed by atoms with Gasteiger partial charge in [0.25, 0.3) is 0 Å². The lowest BCUT2D eigenvalue weighted by Crippen LogP contribution is -2.20. The van der Waals surface area contributed by atoms with Crippen molar-refractivity contribution in [1.82, 2.24) is 4.98 Å². The van der Waals surface area contributed by atoms with Gasteiger partial charge in [0, 0.05) is 6.42 Å². The van der Waals surface area contributed by atoms with Crippen LogP contribution in [0.1, 0.15) is 68.0 Å². The van der Waals surface area contributed by atoms with Crippen LogP contribution >= 0.6 is 11.3 Å². The van der Waals surface area contributed by atoms with Crippen LogP contribution in [0.15, 0.2) is 11.2 Å². The van der Waals surface area contributed by atoms with E-state index in [4.69, 9.17) is 0 Å². The molecular formula is C18H26N2O4S2. The van der Waals surface area contributed by atoms with Gasteiger partial charge in [0.05, 0.1) is 16.8 Å². The molecule has 0 spiro atoms. The van der Waals surface area contributed by atoms with Crippen LogP contribution in [0.2, 0.25) is 0 Å². The number of Topliss-reactive ketones (excluding diaryl/α,β-unsaturated/α-hetero) is 1. The predicted molar refractivity (Wildman–Crippen MR) is 105 cm³/mol. The van der Waals surface area contributed by atoms with Crippen molar-refractivity contribution in [2.75, 3.05) is 6.26 Å². The lowest BCUT2D eigenvalue weighted by atomic mass is 9.92. The quantitative estimate of drug-likeness (QED) is 0.440. The molecule has 1 aliphatic rings. The third-order valence-electron chi connectivity index (χ3n) is 4.29. The van der Waals surface area contributed by atoms with Gasteiger partial charge in [0.1, 0.15) is 5.01 Å². The molecule has 2 rings (SSSR count). The summed E-state index contributed by atoms with van der Waals surface area (Å²) in [5, 5.41) is 4.11. The van der Waals surface area contributed by atoms with Crippen molar-refractivity contribution in [3.63, 3.8) is 0 Å². The Morgan fingerprint density at radius 1 is 1.42 bits per heavy atom. The molecule has 0 saturated carbocycles. The molecule has 144 valence electrons. The fraction of sp³-hybridized carbons (Fsp3) is 0.611. The predicted octanol–water partition coefficient (Wildman–Crippen LogP) is 3.96. The van der Waals surface area contributed by atoms with Gasteiger partial charge in [-0.1, -0.05) is 50.8 Å². The number of hydrogen-bond donors (Lipinski definition) is 0. The number of oxime groups is 1. The minimum atomic E-state index is -3.79. The van der Waals surface area contributed by atoms with Gasteiger partial charge >= 0.3 is 10.1 Å². The number of aryl methyl sites for hydroxylation is 1. The van der Waals surface area contributed by atoms with Gasteiger partial charge < -0.3 is 0 Å². The van der Waals surface area contributed by atoms with Crippen molar-refractivity contribution < 1.29 is 17.5 Å². The Labute approximate surface area is 159 Å². The van der Waals surface area contributed by atoms with Crippen molar-refractivity contribution >= 4 is 39.0 Å². The molecule has 0 bridgehead atoms. The lowest BCUT2D eigenvalue weighted by molar-refractivity contribution is -0.113. The van der Waals surface area contributed by atoms with Crippen molar-refractivity contribution in [2.24, 2.45) is 11.1 Å². The Hall–Kier alpha value is -1.54. The Bertz CT molecular complexity index is 794. The summed E-state index contributed by atoms with van der Waals surface area (Å²) in [5.74, 6) is 0.0343. The lowest BCUT2D eigenvalue weighted by Gasteiger charge is -2.13. The molecule has 0 fully saturated rings. The van der Waals surface area contributed by atoms with E-state index in [1.54, 1.807) is 0 Å². The largest absolute Gasteiger partial charge is 0.325 e. The highest BCUT2D eigenvalue weighted by Crippen LogP contribution is 2.27. The van der Waals surface area contributed by atoms with Gasteiger partial charge in [0.2, 0.25) is 0 Å². The molecule has 6 nitrogen and oxygen atoms in total. The summed E-state index contributed by atoms with van der Waals surface area (Å²) in [6.45, 7) is 4.18. The number of nitrogens with zero attached hydrogens (tertiary/aromatic N) is 2. The first-order valence-corrected chi connectivity index (χ1v) is 11.6. The molecule has 0 aliphatic heterocycles. The number of thiazole rings is 1. The van der Waals surface area contributed by atoms with Crippen LogP contribution in [0, 0.1) is 5.92 Å². The second-order valence-corrected chi connectivity index (χ2v) is 9.12. The van der Waals surface area contributed by atoms with Crippen molar-refractivity contribution in [3.05, 3.63) is 21.7 Å². The molecule has 26 heavy (non-hydrogen) atoms. The highest BCUT2D eigenvalue weighted by atomic mass is 32.2. The fourth-order valence-corrected chi connectivity index (χ4v) is 4.05. The molecule has 1 aromatic rings. The van der Waals surface area contributed by atoms with Gasteiger partial charge in [-0.2, -0.15) is 8.42 Å². The van der Waals surface area contributed by atoms with E-state index in [9.17, 15) is 13.2 Å². The van der Waals surface area contributed by atoms with E-state index in [0.717, 1.165) is 55.4 Å². The number of rotatable bonds is 10. The molecule has 1 heterocycles. The fourth-order valence-electron chi connectivity index (χ4n) is 2.80. The highest BCUT2D eigenvalue weighted by molar-refractivity contribution is 7.85. The van der Waals surface area contributed by atoms with Gasteiger partial charge in [-0.25, -0.2) is 4.98 Å². The normalized spacial score (nSPS) is 15.6. The van der Waals surface area contributed by atoms with E-state index in [2.05, 4.69) is 34.3 Å². The second kappa shape index (κ2) is 9.41. The van der Waals surface area contributed by atoms with Gasteiger partial charge in [-0.3, -0.25) is 9.08 Å². The first-order valence-electron chi connectivity index (χ1n) is 9.00. The molecule has 0 N–H and O–H groups in total. The van der Waals surface area contributed by atoms with Crippen LogP contribution in [-0.2, 0) is 25.6 Å². The molecule has 0 aromatic carbocycles. The number of carbonyl (C=O) groups is 1. The van der Waals surface area contributed by atoms with E-state index < -0.39 is 10.1 Å². The smallest absolute Gasteiger partial charge is 0.292 e. The zero-order chi connectivity index (χ0) is 19.2. The Morgan fingerprint density at radius 2 is 2.19 bits per heavy atom. The van der Waals surface area contributed by atoms with E-state index in [0.29, 0.717) is 11.4 Å². The standard InChI is InChI=1S/C18H26N2O4S2/c1-4-6-9-13(5-2)12-15(21)17(20-24-26(3,22)23)18-19-14-10-7-8-11-16(14)25-18/h8,11,13H,4-7,9-10,12H2,1-3H3/b20-17+. The molecule has 0 amide bonds. The van der Waals surface area contributed by atoms with E-state index >= 15 is 0 Å². The van der Waals surface area contributed by atoms with Crippen LogP contribution in [0.4, 0.5) is 0 Å². The summed E-state index contributed by atoms with van der Waals surface area (Å²) in [5.41, 5.74) is 0.934. The Morgan fingerprint density at radius 3 is 2.81 bits per heavy atom. The Balaban J connectivity index is 2.27. The SMILES string of the molecule is CCCCC(CC)CC(=O)/C(=N\OS(C)(=O)=O)c1nc2c(s1)C=CCC2. The van der Waals surface area contributed by atoms with Gasteiger partial charge in [-0.05, 0) is 24.8 Å². The highest BCUT2D eigenvalue weighted by Gasteiger charge is 2.24. The van der Waals surface area contributed by atoms with Crippen LogP contribution in [0.25, 0.3) is 6.08 Å². The summed E-state index contributed by atoms with van der Waals surface area (Å²) in [4.78, 5) is 18.3. The number of ketones is 1. The summed E-state index contributed by atoms with van der Waals surface area (Å²) >= 11 is 1.35. The van der Waals surface area contributed by atoms with Gasteiger partial charge in [-0.15, -0.1) is 11.3 Å². The average Bonchev–Trinajstić information content (AvgIpc) is 3.01. The van der Waals surface area contributed by atoms with Crippen LogP contribution < -0.4 is 0 Å². The maximum atomic E-state index is 12.8. The monoisotopic (exact) mass is 398 g/mol. The van der Waals surface area contributed by atoms with Crippen molar-refractivity contribution in [3.8, 4) is 0 Å². The molecular weight excluding hydrogens is 372 g/mol. The number of carbonyl (C=O) groups excluding carboxylic acids is 1. The van der Waals surface area contributed by atoms with Crippen LogP contribution in [0.5, 0.6) is 0 Å². The van der Waals surface area contributed by atoms with Crippen molar-refractivity contribution in [1.29, 1.82) is 0 Å². The summed E-state index contributed by atoms with van der Waals surface area (Å²) in [6, 6.07) is 0. The molecule has 1 aliphatic carbocycles. The van der Waals surface area contributed by atoms with Gasteiger partial charge in [0.15, 0.2) is 11.5 Å². The average molecular weight is 399 g/mol. The zero-order valence-corrected chi connectivity index (χ0v) is 17.2. The van der Waals surface area contributed by atoms with Crippen molar-refractivity contribution in [2.45, 2.75) is 58.8 Å². The Kier molecular flexibility index (Phi) is 7.52. The van der Waals surface area contributed by atoms with E-state index in [1.807, 2.05) is 6.08 Å². The zero-order valence-electron chi connectivity index (χ0n) is 15.5. The third-order valence-corrected chi connectivity index (χ3v) is 5.71. The van der Waals surface area contributed by atoms with E-state index in [-0.39, 0.29) is 17.4 Å². The number of hydrogen-bond acceptors (Lipinski definition) is 7. The number of aromatic nitrogens is 1. The molecule has 1 unspecified atom stereocenters.